The second-order valence-electron chi connectivity index (χ2n) is 11.5. The van der Waals surface area contributed by atoms with E-state index in [4.69, 9.17) is 16.0 Å². The van der Waals surface area contributed by atoms with Gasteiger partial charge >= 0.3 is 0 Å². The number of aryl methyl sites for hydroxylation is 1. The predicted octanol–water partition coefficient (Wildman–Crippen LogP) is 5.73. The van der Waals surface area contributed by atoms with Crippen LogP contribution < -0.4 is 10.2 Å². The maximum Gasteiger partial charge on any atom is 0.297 e. The van der Waals surface area contributed by atoms with E-state index >= 15 is 0 Å². The van der Waals surface area contributed by atoms with Gasteiger partial charge in [-0.1, -0.05) is 30.7 Å². The number of anilines is 2. The summed E-state index contributed by atoms with van der Waals surface area (Å²) in [5, 5.41) is 14.9. The van der Waals surface area contributed by atoms with Crippen LogP contribution in [-0.4, -0.2) is 60.4 Å². The average molecular weight is 539 g/mol. The largest absolute Gasteiger partial charge is 0.423 e. The minimum absolute atomic E-state index is 0.0633. The van der Waals surface area contributed by atoms with Gasteiger partial charge in [0.05, 0.1) is 17.3 Å². The predicted molar refractivity (Wildman–Crippen MR) is 149 cm³/mol. The molecule has 0 bridgehead atoms. The number of piperidine rings is 2. The molecule has 1 unspecified atom stereocenters. The first-order chi connectivity index (χ1) is 18.3. The maximum atomic E-state index is 13.5. The lowest BCUT2D eigenvalue weighted by Gasteiger charge is -2.46. The molecule has 3 atom stereocenters. The van der Waals surface area contributed by atoms with Crippen molar-refractivity contribution in [1.29, 1.82) is 0 Å². The zero-order valence-electron chi connectivity index (χ0n) is 22.1. The fourth-order valence-electron chi connectivity index (χ4n) is 6.76. The summed E-state index contributed by atoms with van der Waals surface area (Å²) in [5.74, 6) is 0.901. The van der Waals surface area contributed by atoms with Crippen molar-refractivity contribution in [3.05, 3.63) is 64.6 Å². The molecule has 4 heterocycles. The van der Waals surface area contributed by atoms with Gasteiger partial charge in [0.1, 0.15) is 5.82 Å². The lowest BCUT2D eigenvalue weighted by molar-refractivity contribution is 0.0242. The summed E-state index contributed by atoms with van der Waals surface area (Å²) in [6, 6.07) is 11.9. The van der Waals surface area contributed by atoms with E-state index in [9.17, 15) is 9.50 Å². The topological polar surface area (TPSA) is 64.8 Å². The molecule has 8 heteroatoms. The summed E-state index contributed by atoms with van der Waals surface area (Å²) in [6.45, 7) is 9.86. The highest BCUT2D eigenvalue weighted by molar-refractivity contribution is 6.31. The lowest BCUT2D eigenvalue weighted by Crippen LogP contribution is -2.52. The van der Waals surface area contributed by atoms with Crippen LogP contribution in [0, 0.1) is 24.6 Å². The fraction of sp³-hybridized carbons (Fsp3) is 0.500. The van der Waals surface area contributed by atoms with Crippen molar-refractivity contribution in [2.45, 2.75) is 44.6 Å². The molecular weight excluding hydrogens is 503 g/mol. The molecule has 0 aliphatic carbocycles. The highest BCUT2D eigenvalue weighted by Crippen LogP contribution is 2.47. The van der Waals surface area contributed by atoms with E-state index in [1.165, 1.54) is 22.9 Å². The Morgan fingerprint density at radius 3 is 2.79 bits per heavy atom. The molecule has 2 N–H and O–H groups in total. The number of aliphatic hydroxyl groups is 1. The van der Waals surface area contributed by atoms with Crippen LogP contribution in [0.15, 0.2) is 47.0 Å². The van der Waals surface area contributed by atoms with E-state index in [1.807, 2.05) is 0 Å². The second-order valence-corrected chi connectivity index (χ2v) is 11.9. The number of hydrogen-bond donors (Lipinski definition) is 2. The van der Waals surface area contributed by atoms with Crippen LogP contribution >= 0.6 is 11.6 Å². The molecular formula is C30H36ClFN4O2. The van der Waals surface area contributed by atoms with Crippen molar-refractivity contribution >= 4 is 23.3 Å². The van der Waals surface area contributed by atoms with E-state index < -0.39 is 5.82 Å². The smallest absolute Gasteiger partial charge is 0.297 e. The van der Waals surface area contributed by atoms with Crippen LogP contribution in [0.4, 0.5) is 16.1 Å². The van der Waals surface area contributed by atoms with Crippen molar-refractivity contribution in [3.8, 4) is 11.3 Å². The van der Waals surface area contributed by atoms with Crippen LogP contribution in [-0.2, 0) is 5.41 Å². The third-order valence-electron chi connectivity index (χ3n) is 9.15. The van der Waals surface area contributed by atoms with Crippen LogP contribution in [0.3, 0.4) is 0 Å². The molecule has 2 fully saturated rings. The first-order valence-electron chi connectivity index (χ1n) is 13.7. The van der Waals surface area contributed by atoms with Crippen molar-refractivity contribution in [2.75, 3.05) is 49.5 Å². The Bertz CT molecular complexity index is 1310. The Hall–Kier alpha value is -2.61. The van der Waals surface area contributed by atoms with E-state index in [1.54, 1.807) is 18.3 Å². The molecule has 6 rings (SSSR count). The summed E-state index contributed by atoms with van der Waals surface area (Å²) in [7, 11) is 0. The van der Waals surface area contributed by atoms with Crippen LogP contribution in [0.2, 0.25) is 5.02 Å². The van der Waals surface area contributed by atoms with Crippen molar-refractivity contribution in [1.82, 2.24) is 9.88 Å². The Morgan fingerprint density at radius 2 is 2.03 bits per heavy atom. The standard InChI is InChI=1S/C30H36ClFN4O2/c1-19-3-5-23-26(13-19)34-18-30(23)9-12-35(16-20(30)2)17-27(37)21-7-10-36(11-8-21)29-33-15-28(38-29)22-4-6-25(32)24(31)14-22/h3-6,13-15,20-21,27,34,37H,7-12,16-18H2,1-2H3/t20-,27+,30?/m0/s1. The number of aromatic nitrogens is 1. The van der Waals surface area contributed by atoms with Crippen molar-refractivity contribution < 1.29 is 13.9 Å². The highest BCUT2D eigenvalue weighted by Gasteiger charge is 2.46. The highest BCUT2D eigenvalue weighted by atomic mass is 35.5. The molecule has 3 aromatic rings. The van der Waals surface area contributed by atoms with Crippen LogP contribution in [0.5, 0.6) is 0 Å². The maximum absolute atomic E-state index is 13.5. The Kier molecular flexibility index (Phi) is 6.87. The van der Waals surface area contributed by atoms with Gasteiger partial charge in [-0.2, -0.15) is 0 Å². The van der Waals surface area contributed by atoms with E-state index in [0.717, 1.165) is 58.5 Å². The number of hydrogen-bond acceptors (Lipinski definition) is 6. The molecule has 0 saturated carbocycles. The summed E-state index contributed by atoms with van der Waals surface area (Å²) in [6.07, 6.45) is 4.23. The number of halogens is 2. The van der Waals surface area contributed by atoms with Crippen molar-refractivity contribution in [3.63, 3.8) is 0 Å². The van der Waals surface area contributed by atoms with Crippen LogP contribution in [0.1, 0.15) is 37.3 Å². The molecule has 0 amide bonds. The SMILES string of the molecule is Cc1ccc2c(c1)NCC21CCN(C[C@@H](O)C2CCN(c3ncc(-c4ccc(F)c(Cl)c4)o3)CC2)C[C@@H]1C. The summed E-state index contributed by atoms with van der Waals surface area (Å²) < 4.78 is 19.5. The summed E-state index contributed by atoms with van der Waals surface area (Å²) in [4.78, 5) is 9.03. The quantitative estimate of drug-likeness (QED) is 0.433. The second kappa shape index (κ2) is 10.2. The van der Waals surface area contributed by atoms with Gasteiger partial charge in [-0.3, -0.25) is 0 Å². The van der Waals surface area contributed by atoms with Gasteiger partial charge < -0.3 is 24.6 Å². The molecule has 1 aromatic heterocycles. The van der Waals surface area contributed by atoms with E-state index in [-0.39, 0.29) is 22.5 Å². The number of benzene rings is 2. The zero-order valence-corrected chi connectivity index (χ0v) is 22.8. The van der Waals surface area contributed by atoms with Gasteiger partial charge in [-0.05, 0) is 80.0 Å². The number of likely N-dealkylation sites (tertiary alicyclic amines) is 1. The fourth-order valence-corrected chi connectivity index (χ4v) is 6.94. The third-order valence-corrected chi connectivity index (χ3v) is 9.44. The molecule has 6 nitrogen and oxygen atoms in total. The number of nitrogens with zero attached hydrogens (tertiary/aromatic N) is 3. The van der Waals surface area contributed by atoms with E-state index in [0.29, 0.717) is 23.3 Å². The monoisotopic (exact) mass is 538 g/mol. The number of oxazole rings is 1. The normalized spacial score (nSPS) is 25.0. The van der Waals surface area contributed by atoms with Gasteiger partial charge in [-0.15, -0.1) is 0 Å². The van der Waals surface area contributed by atoms with Gasteiger partial charge in [-0.25, -0.2) is 9.37 Å². The Morgan fingerprint density at radius 1 is 1.21 bits per heavy atom. The minimum atomic E-state index is -0.453. The molecule has 2 saturated heterocycles. The molecule has 1 spiro atoms. The molecule has 202 valence electrons. The summed E-state index contributed by atoms with van der Waals surface area (Å²) in [5.41, 5.74) is 4.97. The minimum Gasteiger partial charge on any atom is -0.423 e. The molecule has 3 aliphatic rings. The first-order valence-corrected chi connectivity index (χ1v) is 14.1. The number of fused-ring (bicyclic) bond motifs is 2. The zero-order chi connectivity index (χ0) is 26.4. The Balaban J connectivity index is 1.02. The number of β-amino-alcohol motifs (C(OH)–C–C–N with tert-alkyl or cyclic N) is 1. The average Bonchev–Trinajstić information content (AvgIpc) is 3.54. The number of nitrogens with one attached hydrogen (secondary N) is 1. The lowest BCUT2D eigenvalue weighted by atomic mass is 9.67. The first kappa shape index (κ1) is 25.7. The van der Waals surface area contributed by atoms with Gasteiger partial charge in [0, 0.05) is 49.4 Å². The van der Waals surface area contributed by atoms with Gasteiger partial charge in [0.25, 0.3) is 6.01 Å². The number of aliphatic hydroxyl groups excluding tert-OH is 1. The van der Waals surface area contributed by atoms with Gasteiger partial charge in [0.15, 0.2) is 5.76 Å². The molecule has 38 heavy (non-hydrogen) atoms. The molecule has 2 aromatic carbocycles. The molecule has 3 aliphatic heterocycles. The summed E-state index contributed by atoms with van der Waals surface area (Å²) >= 11 is 5.92. The van der Waals surface area contributed by atoms with E-state index in [2.05, 4.69) is 52.1 Å². The third kappa shape index (κ3) is 4.69. The Labute approximate surface area is 228 Å². The van der Waals surface area contributed by atoms with Crippen molar-refractivity contribution in [2.24, 2.45) is 11.8 Å². The van der Waals surface area contributed by atoms with Gasteiger partial charge in [0.2, 0.25) is 0 Å². The van der Waals surface area contributed by atoms with Crippen LogP contribution in [0.25, 0.3) is 11.3 Å². The number of rotatable bonds is 5. The molecule has 0 radical (unpaired) electrons.